The standard InChI is InChI=1S/C13H21NS/c1-5-14-11(4)12-7-6-8-13(9-12)15-10(2)3/h6-11,14H,5H2,1-4H3. The Kier molecular flexibility index (Phi) is 5.20. The van der Waals surface area contributed by atoms with E-state index in [9.17, 15) is 0 Å². The van der Waals surface area contributed by atoms with E-state index in [0.29, 0.717) is 11.3 Å². The van der Waals surface area contributed by atoms with Crippen LogP contribution in [0.4, 0.5) is 0 Å². The van der Waals surface area contributed by atoms with Gasteiger partial charge in [-0.2, -0.15) is 0 Å². The lowest BCUT2D eigenvalue weighted by atomic mass is 10.1. The Bertz CT molecular complexity index is 296. The molecule has 2 heteroatoms. The average molecular weight is 223 g/mol. The molecule has 0 saturated heterocycles. The van der Waals surface area contributed by atoms with Crippen LogP contribution >= 0.6 is 11.8 Å². The van der Waals surface area contributed by atoms with E-state index in [1.54, 1.807) is 0 Å². The lowest BCUT2D eigenvalue weighted by molar-refractivity contribution is 0.597. The molecule has 1 unspecified atom stereocenters. The van der Waals surface area contributed by atoms with Gasteiger partial charge in [0.15, 0.2) is 0 Å². The molecule has 15 heavy (non-hydrogen) atoms. The molecule has 0 fully saturated rings. The van der Waals surface area contributed by atoms with Crippen molar-refractivity contribution in [3.63, 3.8) is 0 Å². The molecule has 0 saturated carbocycles. The van der Waals surface area contributed by atoms with Crippen LogP contribution in [-0.4, -0.2) is 11.8 Å². The van der Waals surface area contributed by atoms with E-state index in [0.717, 1.165) is 6.54 Å². The monoisotopic (exact) mass is 223 g/mol. The van der Waals surface area contributed by atoms with Gasteiger partial charge in [0.2, 0.25) is 0 Å². The minimum Gasteiger partial charge on any atom is -0.310 e. The number of hydrogen-bond donors (Lipinski definition) is 1. The van der Waals surface area contributed by atoms with Crippen LogP contribution in [0.25, 0.3) is 0 Å². The average Bonchev–Trinajstić information content (AvgIpc) is 2.17. The van der Waals surface area contributed by atoms with Gasteiger partial charge in [-0.15, -0.1) is 11.8 Å². The molecule has 0 aliphatic carbocycles. The summed E-state index contributed by atoms with van der Waals surface area (Å²) in [5, 5.41) is 4.08. The third kappa shape index (κ3) is 4.27. The van der Waals surface area contributed by atoms with Crippen LogP contribution in [0.1, 0.15) is 39.3 Å². The second-order valence-electron chi connectivity index (χ2n) is 4.02. The van der Waals surface area contributed by atoms with Gasteiger partial charge in [0.25, 0.3) is 0 Å². The summed E-state index contributed by atoms with van der Waals surface area (Å²) < 4.78 is 0. The van der Waals surface area contributed by atoms with E-state index in [1.165, 1.54) is 10.5 Å². The second-order valence-corrected chi connectivity index (χ2v) is 5.67. The summed E-state index contributed by atoms with van der Waals surface area (Å²) in [6.07, 6.45) is 0. The Labute approximate surface area is 97.7 Å². The van der Waals surface area contributed by atoms with Crippen LogP contribution in [0.5, 0.6) is 0 Å². The zero-order valence-electron chi connectivity index (χ0n) is 10.1. The fourth-order valence-corrected chi connectivity index (χ4v) is 2.46. The minimum atomic E-state index is 0.447. The first-order valence-electron chi connectivity index (χ1n) is 5.63. The zero-order valence-corrected chi connectivity index (χ0v) is 10.9. The lowest BCUT2D eigenvalue weighted by Gasteiger charge is -2.14. The molecule has 0 radical (unpaired) electrons. The van der Waals surface area contributed by atoms with Crippen LogP contribution in [0.2, 0.25) is 0 Å². The summed E-state index contributed by atoms with van der Waals surface area (Å²) in [5.41, 5.74) is 1.38. The van der Waals surface area contributed by atoms with E-state index < -0.39 is 0 Å². The van der Waals surface area contributed by atoms with E-state index >= 15 is 0 Å². The van der Waals surface area contributed by atoms with Crippen molar-refractivity contribution < 1.29 is 0 Å². The normalized spacial score (nSPS) is 13.1. The Morgan fingerprint density at radius 1 is 1.27 bits per heavy atom. The van der Waals surface area contributed by atoms with Crippen molar-refractivity contribution in [3.05, 3.63) is 29.8 Å². The minimum absolute atomic E-state index is 0.447. The van der Waals surface area contributed by atoms with Gasteiger partial charge in [0, 0.05) is 16.2 Å². The number of rotatable bonds is 5. The van der Waals surface area contributed by atoms with Crippen molar-refractivity contribution in [1.29, 1.82) is 0 Å². The van der Waals surface area contributed by atoms with Gasteiger partial charge in [0.05, 0.1) is 0 Å². The lowest BCUT2D eigenvalue weighted by Crippen LogP contribution is -2.17. The summed E-state index contributed by atoms with van der Waals surface area (Å²) >= 11 is 1.92. The van der Waals surface area contributed by atoms with Crippen molar-refractivity contribution >= 4 is 11.8 Å². The van der Waals surface area contributed by atoms with Crippen LogP contribution in [-0.2, 0) is 0 Å². The van der Waals surface area contributed by atoms with Gasteiger partial charge in [-0.3, -0.25) is 0 Å². The number of thioether (sulfide) groups is 1. The predicted octanol–water partition coefficient (Wildman–Crippen LogP) is 3.86. The summed E-state index contributed by atoms with van der Waals surface area (Å²) in [4.78, 5) is 1.37. The van der Waals surface area contributed by atoms with E-state index in [4.69, 9.17) is 0 Å². The maximum atomic E-state index is 3.43. The molecule has 0 heterocycles. The Morgan fingerprint density at radius 3 is 2.60 bits per heavy atom. The van der Waals surface area contributed by atoms with Crippen molar-refractivity contribution in [2.75, 3.05) is 6.54 Å². The Hall–Kier alpha value is -0.470. The summed E-state index contributed by atoms with van der Waals surface area (Å²) in [6, 6.07) is 9.26. The molecule has 84 valence electrons. The van der Waals surface area contributed by atoms with E-state index in [2.05, 4.69) is 57.3 Å². The third-order valence-corrected chi connectivity index (χ3v) is 3.24. The molecule has 0 aromatic heterocycles. The van der Waals surface area contributed by atoms with Gasteiger partial charge in [-0.25, -0.2) is 0 Å². The second kappa shape index (κ2) is 6.19. The smallest absolute Gasteiger partial charge is 0.0292 e. The fourth-order valence-electron chi connectivity index (χ4n) is 1.55. The van der Waals surface area contributed by atoms with Crippen LogP contribution in [0.15, 0.2) is 29.2 Å². The number of hydrogen-bond acceptors (Lipinski definition) is 2. The number of benzene rings is 1. The highest BCUT2D eigenvalue weighted by Crippen LogP contribution is 2.25. The SMILES string of the molecule is CCNC(C)c1cccc(SC(C)C)c1. The maximum absolute atomic E-state index is 3.43. The molecule has 1 atom stereocenters. The quantitative estimate of drug-likeness (QED) is 0.761. The molecular formula is C13H21NS. The highest BCUT2D eigenvalue weighted by Gasteiger charge is 2.05. The van der Waals surface area contributed by atoms with Crippen molar-refractivity contribution in [1.82, 2.24) is 5.32 Å². The first kappa shape index (κ1) is 12.6. The van der Waals surface area contributed by atoms with Crippen molar-refractivity contribution in [2.45, 2.75) is 43.9 Å². The third-order valence-electron chi connectivity index (χ3n) is 2.24. The topological polar surface area (TPSA) is 12.0 Å². The van der Waals surface area contributed by atoms with Gasteiger partial charge in [0.1, 0.15) is 0 Å². The van der Waals surface area contributed by atoms with Gasteiger partial charge >= 0.3 is 0 Å². The maximum Gasteiger partial charge on any atom is 0.0292 e. The first-order chi connectivity index (χ1) is 7.13. The fraction of sp³-hybridized carbons (Fsp3) is 0.538. The molecule has 1 aromatic carbocycles. The molecule has 0 spiro atoms. The highest BCUT2D eigenvalue weighted by molar-refractivity contribution is 7.99. The van der Waals surface area contributed by atoms with Crippen molar-refractivity contribution in [3.8, 4) is 0 Å². The van der Waals surface area contributed by atoms with E-state index in [1.807, 2.05) is 11.8 Å². The van der Waals surface area contributed by atoms with E-state index in [-0.39, 0.29) is 0 Å². The van der Waals surface area contributed by atoms with Gasteiger partial charge in [-0.1, -0.05) is 32.9 Å². The molecule has 1 nitrogen and oxygen atoms in total. The molecule has 1 aromatic rings. The Balaban J connectivity index is 2.73. The summed E-state index contributed by atoms with van der Waals surface area (Å²) in [5.74, 6) is 0. The largest absolute Gasteiger partial charge is 0.310 e. The van der Waals surface area contributed by atoms with Crippen molar-refractivity contribution in [2.24, 2.45) is 0 Å². The molecule has 0 aliphatic heterocycles. The molecule has 1 rings (SSSR count). The summed E-state index contributed by atoms with van der Waals surface area (Å²) in [7, 11) is 0. The predicted molar refractivity (Wildman–Crippen MR) is 69.5 cm³/mol. The van der Waals surface area contributed by atoms with Gasteiger partial charge in [-0.05, 0) is 31.2 Å². The zero-order chi connectivity index (χ0) is 11.3. The number of nitrogens with one attached hydrogen (secondary N) is 1. The summed E-state index contributed by atoms with van der Waals surface area (Å²) in [6.45, 7) is 9.82. The van der Waals surface area contributed by atoms with Crippen LogP contribution < -0.4 is 5.32 Å². The highest BCUT2D eigenvalue weighted by atomic mass is 32.2. The molecule has 0 aliphatic rings. The Morgan fingerprint density at radius 2 is 2.00 bits per heavy atom. The molecule has 0 amide bonds. The molecular weight excluding hydrogens is 202 g/mol. The van der Waals surface area contributed by atoms with Crippen LogP contribution in [0.3, 0.4) is 0 Å². The van der Waals surface area contributed by atoms with Gasteiger partial charge < -0.3 is 5.32 Å². The van der Waals surface area contributed by atoms with Crippen LogP contribution in [0, 0.1) is 0 Å². The first-order valence-corrected chi connectivity index (χ1v) is 6.51. The molecule has 0 bridgehead atoms. The molecule has 1 N–H and O–H groups in total.